The molecule has 37 heavy (non-hydrogen) atoms. The van der Waals surface area contributed by atoms with E-state index < -0.39 is 34.0 Å². The molecule has 2 N–H and O–H groups in total. The monoisotopic (exact) mass is 619 g/mol. The van der Waals surface area contributed by atoms with Crippen LogP contribution in [0.5, 0.6) is 0 Å². The summed E-state index contributed by atoms with van der Waals surface area (Å²) in [4.78, 5) is 41.7. The summed E-state index contributed by atoms with van der Waals surface area (Å²) >= 11 is 37.2. The molecule has 1 aliphatic rings. The van der Waals surface area contributed by atoms with Crippen LogP contribution in [0.3, 0.4) is 0 Å². The zero-order chi connectivity index (χ0) is 27.1. The van der Waals surface area contributed by atoms with E-state index in [1.807, 2.05) is 0 Å². The Hall–Kier alpha value is -2.26. The third-order valence-corrected chi connectivity index (χ3v) is 7.54. The molecule has 4 rings (SSSR count). The fourth-order valence-corrected chi connectivity index (χ4v) is 5.51. The number of rotatable bonds is 6. The Balaban J connectivity index is 1.51. The summed E-state index contributed by atoms with van der Waals surface area (Å²) in [5.41, 5.74) is 0.769. The van der Waals surface area contributed by atoms with Crippen LogP contribution in [0.15, 0.2) is 48.5 Å². The molecule has 0 spiro atoms. The second kappa shape index (κ2) is 10.8. The number of amides is 2. The van der Waals surface area contributed by atoms with Crippen molar-refractivity contribution in [3.05, 3.63) is 85.4 Å². The van der Waals surface area contributed by atoms with Gasteiger partial charge >= 0.3 is 5.97 Å². The lowest BCUT2D eigenvalue weighted by Gasteiger charge is -2.11. The molecular weight excluding hydrogens is 607 g/mol. The molecular formula is C24H15Cl6N3O4. The first-order chi connectivity index (χ1) is 17.4. The fourth-order valence-electron chi connectivity index (χ4n) is 3.75. The second-order valence-corrected chi connectivity index (χ2v) is 11.1. The van der Waals surface area contributed by atoms with Gasteiger partial charge < -0.3 is 15.4 Å². The molecule has 0 radical (unpaired) electrons. The van der Waals surface area contributed by atoms with Gasteiger partial charge in [-0.1, -0.05) is 46.4 Å². The van der Waals surface area contributed by atoms with Crippen molar-refractivity contribution in [3.63, 3.8) is 0 Å². The first-order valence-corrected chi connectivity index (χ1v) is 12.7. The number of anilines is 2. The molecule has 2 amide bonds. The third-order valence-electron chi connectivity index (χ3n) is 5.52. The molecule has 3 aromatic rings. The normalized spacial score (nSPS) is 17.6. The van der Waals surface area contributed by atoms with Crippen LogP contribution in [0.1, 0.15) is 32.3 Å². The number of carbonyl (C=O) groups excluding carboxylic acids is 3. The fraction of sp³-hybridized carbons (Fsp3) is 0.167. The number of carbonyl (C=O) groups is 3. The molecule has 1 aromatic heterocycles. The SMILES string of the molecule is COC(=O)c1nc(NC(=O)c2cc(NC(=O)C3C(c4cc(Cl)cc(Cl)c4)C3(Cl)Cl)ccc2Cl)ccc1Cl. The van der Waals surface area contributed by atoms with E-state index >= 15 is 0 Å². The average Bonchev–Trinajstić information content (AvgIpc) is 3.42. The van der Waals surface area contributed by atoms with Crippen molar-refractivity contribution in [1.29, 1.82) is 0 Å². The lowest BCUT2D eigenvalue weighted by molar-refractivity contribution is -0.117. The van der Waals surface area contributed by atoms with Gasteiger partial charge in [0.15, 0.2) is 5.69 Å². The van der Waals surface area contributed by atoms with Crippen LogP contribution in [0.25, 0.3) is 0 Å². The van der Waals surface area contributed by atoms with E-state index in [2.05, 4.69) is 20.4 Å². The summed E-state index contributed by atoms with van der Waals surface area (Å²) in [6, 6.07) is 12.0. The first-order valence-electron chi connectivity index (χ1n) is 10.4. The van der Waals surface area contributed by atoms with Crippen LogP contribution in [0.2, 0.25) is 20.1 Å². The Kier molecular flexibility index (Phi) is 8.14. The quantitative estimate of drug-likeness (QED) is 0.223. The van der Waals surface area contributed by atoms with E-state index in [0.29, 0.717) is 15.6 Å². The number of ether oxygens (including phenoxy) is 1. The summed E-state index contributed by atoms with van der Waals surface area (Å²) in [5.74, 6) is -3.18. The molecule has 0 aliphatic heterocycles. The van der Waals surface area contributed by atoms with Gasteiger partial charge in [0.05, 0.1) is 28.6 Å². The number of esters is 1. The highest BCUT2D eigenvalue weighted by molar-refractivity contribution is 6.53. The molecule has 192 valence electrons. The molecule has 1 saturated carbocycles. The number of nitrogens with zero attached hydrogens (tertiary/aromatic N) is 1. The molecule has 2 aromatic carbocycles. The van der Waals surface area contributed by atoms with Gasteiger partial charge in [-0.15, -0.1) is 23.2 Å². The van der Waals surface area contributed by atoms with Crippen LogP contribution in [0.4, 0.5) is 11.5 Å². The minimum Gasteiger partial charge on any atom is -0.464 e. The van der Waals surface area contributed by atoms with Gasteiger partial charge in [0.1, 0.15) is 10.2 Å². The zero-order valence-electron chi connectivity index (χ0n) is 18.6. The standard InChI is InChI=1S/C24H15Cl6N3O4/c1-37-23(36)20-16(28)4-5-17(32-20)33-21(34)14-9-13(2-3-15(14)27)31-22(35)19-18(24(19,29)30)10-6-11(25)8-12(26)7-10/h2-9,18-19H,1H3,(H,31,35)(H,32,33,34). The maximum atomic E-state index is 13.0. The lowest BCUT2D eigenvalue weighted by Crippen LogP contribution is -2.19. The third kappa shape index (κ3) is 5.93. The Bertz CT molecular complexity index is 1410. The van der Waals surface area contributed by atoms with Crippen LogP contribution in [0, 0.1) is 5.92 Å². The number of nitrogens with one attached hydrogen (secondary N) is 2. The van der Waals surface area contributed by atoms with Crippen molar-refractivity contribution >= 4 is 98.9 Å². The highest BCUT2D eigenvalue weighted by Crippen LogP contribution is 2.65. The largest absolute Gasteiger partial charge is 0.464 e. The van der Waals surface area contributed by atoms with Crippen molar-refractivity contribution in [1.82, 2.24) is 4.98 Å². The number of hydrogen-bond acceptors (Lipinski definition) is 5. The summed E-state index contributed by atoms with van der Waals surface area (Å²) in [7, 11) is 1.18. The Morgan fingerprint density at radius 2 is 1.54 bits per heavy atom. The second-order valence-electron chi connectivity index (χ2n) is 7.99. The maximum Gasteiger partial charge on any atom is 0.358 e. The minimum absolute atomic E-state index is 0.0350. The van der Waals surface area contributed by atoms with Crippen LogP contribution in [-0.4, -0.2) is 34.2 Å². The van der Waals surface area contributed by atoms with Gasteiger partial charge in [-0.2, -0.15) is 0 Å². The highest BCUT2D eigenvalue weighted by atomic mass is 35.5. The van der Waals surface area contributed by atoms with Crippen LogP contribution >= 0.6 is 69.6 Å². The van der Waals surface area contributed by atoms with Gasteiger partial charge in [0.2, 0.25) is 5.91 Å². The van der Waals surface area contributed by atoms with E-state index in [-0.39, 0.29) is 32.8 Å². The predicted molar refractivity (Wildman–Crippen MR) is 146 cm³/mol. The van der Waals surface area contributed by atoms with Crippen molar-refractivity contribution in [2.45, 2.75) is 10.3 Å². The summed E-state index contributed by atoms with van der Waals surface area (Å²) in [5, 5.41) is 6.18. The number of methoxy groups -OCH3 is 1. The van der Waals surface area contributed by atoms with Crippen molar-refractivity contribution in [2.24, 2.45) is 5.92 Å². The van der Waals surface area contributed by atoms with Gasteiger partial charge in [0.25, 0.3) is 5.91 Å². The number of halogens is 6. The van der Waals surface area contributed by atoms with E-state index in [1.54, 1.807) is 18.2 Å². The molecule has 1 aliphatic carbocycles. The van der Waals surface area contributed by atoms with E-state index in [1.165, 1.54) is 37.4 Å². The Morgan fingerprint density at radius 3 is 2.19 bits per heavy atom. The molecule has 2 unspecified atom stereocenters. The van der Waals surface area contributed by atoms with Crippen molar-refractivity contribution < 1.29 is 19.1 Å². The van der Waals surface area contributed by atoms with E-state index in [9.17, 15) is 14.4 Å². The topological polar surface area (TPSA) is 97.4 Å². The van der Waals surface area contributed by atoms with Gasteiger partial charge in [-0.3, -0.25) is 9.59 Å². The summed E-state index contributed by atoms with van der Waals surface area (Å²) in [6.07, 6.45) is 0. The number of pyridine rings is 1. The van der Waals surface area contributed by atoms with E-state index in [4.69, 9.17) is 69.6 Å². The van der Waals surface area contributed by atoms with Crippen LogP contribution < -0.4 is 10.6 Å². The lowest BCUT2D eigenvalue weighted by atomic mass is 10.1. The molecule has 0 saturated heterocycles. The predicted octanol–water partition coefficient (Wildman–Crippen LogP) is 7.26. The van der Waals surface area contributed by atoms with Crippen molar-refractivity contribution in [2.75, 3.05) is 17.7 Å². The molecule has 2 atom stereocenters. The first kappa shape index (κ1) is 27.8. The number of aromatic nitrogens is 1. The molecule has 1 heterocycles. The molecule has 0 bridgehead atoms. The van der Waals surface area contributed by atoms with Crippen LogP contribution in [-0.2, 0) is 9.53 Å². The summed E-state index contributed by atoms with van der Waals surface area (Å²) in [6.45, 7) is 0. The number of hydrogen-bond donors (Lipinski definition) is 2. The Labute approximate surface area is 241 Å². The number of alkyl halides is 2. The van der Waals surface area contributed by atoms with Gasteiger partial charge in [0, 0.05) is 21.7 Å². The Morgan fingerprint density at radius 1 is 0.892 bits per heavy atom. The smallest absolute Gasteiger partial charge is 0.358 e. The maximum absolute atomic E-state index is 13.0. The highest BCUT2D eigenvalue weighted by Gasteiger charge is 2.67. The molecule has 1 fully saturated rings. The zero-order valence-corrected chi connectivity index (χ0v) is 23.2. The van der Waals surface area contributed by atoms with Gasteiger partial charge in [-0.25, -0.2) is 9.78 Å². The van der Waals surface area contributed by atoms with Gasteiger partial charge in [-0.05, 0) is 54.1 Å². The summed E-state index contributed by atoms with van der Waals surface area (Å²) < 4.78 is 3.26. The minimum atomic E-state index is -1.37. The molecule has 7 nitrogen and oxygen atoms in total. The number of benzene rings is 2. The van der Waals surface area contributed by atoms with Crippen molar-refractivity contribution in [3.8, 4) is 0 Å². The molecule has 13 heteroatoms. The average molecular weight is 622 g/mol. The van der Waals surface area contributed by atoms with E-state index in [0.717, 1.165) is 0 Å².